The SMILES string of the molecule is CC(C(Cc1ccc(Cl)cc1)c1cccc(Cl)c1)N1C=C(C(F)(F)F)C=CC1OC(C)(C)C. The zero-order valence-electron chi connectivity index (χ0n) is 19.0. The van der Waals surface area contributed by atoms with Crippen molar-refractivity contribution in [3.05, 3.63) is 93.6 Å². The Balaban J connectivity index is 2.03. The summed E-state index contributed by atoms with van der Waals surface area (Å²) in [6, 6.07) is 14.6. The van der Waals surface area contributed by atoms with Crippen LogP contribution in [0.25, 0.3) is 0 Å². The average Bonchev–Trinajstić information content (AvgIpc) is 2.71. The zero-order chi connectivity index (χ0) is 24.4. The summed E-state index contributed by atoms with van der Waals surface area (Å²) in [4.78, 5) is 1.66. The zero-order valence-corrected chi connectivity index (χ0v) is 20.5. The molecule has 1 aliphatic rings. The number of hydrogen-bond acceptors (Lipinski definition) is 2. The van der Waals surface area contributed by atoms with Gasteiger partial charge in [-0.2, -0.15) is 13.2 Å². The van der Waals surface area contributed by atoms with Gasteiger partial charge in [-0.05, 0) is 81.7 Å². The molecule has 0 bridgehead atoms. The van der Waals surface area contributed by atoms with Gasteiger partial charge in [0.15, 0.2) is 0 Å². The number of nitrogens with zero attached hydrogens (tertiary/aromatic N) is 1. The average molecular weight is 498 g/mol. The molecule has 33 heavy (non-hydrogen) atoms. The summed E-state index contributed by atoms with van der Waals surface area (Å²) in [6.45, 7) is 7.57. The number of rotatable bonds is 6. The van der Waals surface area contributed by atoms with Crippen LogP contribution in [0.15, 0.2) is 72.5 Å². The minimum Gasteiger partial charge on any atom is -0.349 e. The van der Waals surface area contributed by atoms with E-state index in [1.807, 2.05) is 70.2 Å². The van der Waals surface area contributed by atoms with Crippen molar-refractivity contribution in [1.82, 2.24) is 4.90 Å². The third kappa shape index (κ3) is 7.02. The van der Waals surface area contributed by atoms with Gasteiger partial charge in [0.1, 0.15) is 6.23 Å². The summed E-state index contributed by atoms with van der Waals surface area (Å²) >= 11 is 12.3. The molecular weight excluding hydrogens is 470 g/mol. The number of allylic oxidation sites excluding steroid dienone is 2. The quantitative estimate of drug-likeness (QED) is 0.398. The van der Waals surface area contributed by atoms with Gasteiger partial charge in [-0.25, -0.2) is 0 Å². The van der Waals surface area contributed by atoms with Crippen LogP contribution in [-0.2, 0) is 11.2 Å². The van der Waals surface area contributed by atoms with E-state index in [2.05, 4.69) is 0 Å². The minimum absolute atomic E-state index is 0.159. The molecule has 3 rings (SSSR count). The fourth-order valence-electron chi connectivity index (χ4n) is 3.93. The largest absolute Gasteiger partial charge is 0.417 e. The van der Waals surface area contributed by atoms with Crippen molar-refractivity contribution in [2.75, 3.05) is 0 Å². The first-order valence-electron chi connectivity index (χ1n) is 10.8. The van der Waals surface area contributed by atoms with Crippen molar-refractivity contribution >= 4 is 23.2 Å². The van der Waals surface area contributed by atoms with Crippen molar-refractivity contribution < 1.29 is 17.9 Å². The Labute approximate surface area is 203 Å². The van der Waals surface area contributed by atoms with E-state index in [1.165, 1.54) is 12.3 Å². The highest BCUT2D eigenvalue weighted by atomic mass is 35.5. The molecule has 0 saturated carbocycles. The maximum Gasteiger partial charge on any atom is 0.417 e. The lowest BCUT2D eigenvalue weighted by Gasteiger charge is -2.42. The van der Waals surface area contributed by atoms with Gasteiger partial charge in [0.2, 0.25) is 0 Å². The molecule has 0 aromatic heterocycles. The molecule has 0 saturated heterocycles. The summed E-state index contributed by atoms with van der Waals surface area (Å²) < 4.78 is 46.9. The standard InChI is InChI=1S/C26H28Cl2F3NO/c1-17(32-16-20(26(29,30)31)10-13-24(32)33-25(2,3)4)23(19-6-5-7-22(28)15-19)14-18-8-11-21(27)12-9-18/h5-13,15-17,23-24H,14H2,1-4H3. The Kier molecular flexibility index (Phi) is 7.87. The van der Waals surface area contributed by atoms with Crippen LogP contribution in [-0.4, -0.2) is 28.9 Å². The Morgan fingerprint density at radius 3 is 2.24 bits per heavy atom. The van der Waals surface area contributed by atoms with E-state index in [0.29, 0.717) is 16.5 Å². The molecular formula is C26H28Cl2F3NO. The fourth-order valence-corrected chi connectivity index (χ4v) is 4.25. The highest BCUT2D eigenvalue weighted by molar-refractivity contribution is 6.30. The molecule has 178 valence electrons. The molecule has 2 nitrogen and oxygen atoms in total. The highest BCUT2D eigenvalue weighted by Crippen LogP contribution is 2.36. The van der Waals surface area contributed by atoms with Crippen molar-refractivity contribution in [3.8, 4) is 0 Å². The Bertz CT molecular complexity index is 1010. The summed E-state index contributed by atoms with van der Waals surface area (Å²) in [5.41, 5.74) is 0.714. The van der Waals surface area contributed by atoms with E-state index in [1.54, 1.807) is 11.0 Å². The molecule has 0 amide bonds. The van der Waals surface area contributed by atoms with E-state index in [9.17, 15) is 13.2 Å². The van der Waals surface area contributed by atoms with Crippen molar-refractivity contribution in [2.45, 2.75) is 64.1 Å². The predicted molar refractivity (Wildman–Crippen MR) is 129 cm³/mol. The summed E-state index contributed by atoms with van der Waals surface area (Å²) in [5, 5.41) is 1.21. The second kappa shape index (κ2) is 10.1. The van der Waals surface area contributed by atoms with Gasteiger partial charge < -0.3 is 9.64 Å². The molecule has 3 unspecified atom stereocenters. The number of hydrogen-bond donors (Lipinski definition) is 0. The van der Waals surface area contributed by atoms with Gasteiger partial charge in [0, 0.05) is 28.2 Å². The van der Waals surface area contributed by atoms with Crippen LogP contribution in [0.4, 0.5) is 13.2 Å². The number of ether oxygens (including phenoxy) is 1. The maximum atomic E-state index is 13.6. The van der Waals surface area contributed by atoms with Crippen LogP contribution in [0.2, 0.25) is 10.0 Å². The molecule has 1 heterocycles. The van der Waals surface area contributed by atoms with E-state index in [4.69, 9.17) is 27.9 Å². The van der Waals surface area contributed by atoms with Crippen LogP contribution in [0, 0.1) is 0 Å². The molecule has 2 aromatic carbocycles. The van der Waals surface area contributed by atoms with Gasteiger partial charge in [-0.15, -0.1) is 0 Å². The highest BCUT2D eigenvalue weighted by Gasteiger charge is 2.38. The van der Waals surface area contributed by atoms with E-state index in [-0.39, 0.29) is 12.0 Å². The van der Waals surface area contributed by atoms with Gasteiger partial charge in [0.05, 0.1) is 11.2 Å². The van der Waals surface area contributed by atoms with Gasteiger partial charge in [0.25, 0.3) is 0 Å². The molecule has 1 aliphatic heterocycles. The van der Waals surface area contributed by atoms with E-state index in [0.717, 1.165) is 17.2 Å². The lowest BCUT2D eigenvalue weighted by Crippen LogP contribution is -2.46. The fraction of sp³-hybridized carbons (Fsp3) is 0.385. The molecule has 2 aromatic rings. The first-order chi connectivity index (χ1) is 15.3. The first kappa shape index (κ1) is 25.7. The Hall–Kier alpha value is -1.95. The Morgan fingerprint density at radius 1 is 1.00 bits per heavy atom. The molecule has 0 N–H and O–H groups in total. The number of halogens is 5. The summed E-state index contributed by atoms with van der Waals surface area (Å²) in [5.74, 6) is -0.159. The minimum atomic E-state index is -4.46. The van der Waals surface area contributed by atoms with Crippen molar-refractivity contribution in [2.24, 2.45) is 0 Å². The lowest BCUT2D eigenvalue weighted by atomic mass is 9.85. The van der Waals surface area contributed by atoms with Crippen LogP contribution < -0.4 is 0 Å². The van der Waals surface area contributed by atoms with E-state index < -0.39 is 23.6 Å². The van der Waals surface area contributed by atoms with Crippen LogP contribution in [0.1, 0.15) is 44.7 Å². The molecule has 3 atom stereocenters. The van der Waals surface area contributed by atoms with Crippen LogP contribution in [0.5, 0.6) is 0 Å². The molecule has 0 aliphatic carbocycles. The molecule has 0 radical (unpaired) electrons. The lowest BCUT2D eigenvalue weighted by molar-refractivity contribution is -0.114. The summed E-state index contributed by atoms with van der Waals surface area (Å²) in [6.07, 6.45) is -0.771. The normalized spacial score (nSPS) is 18.8. The summed E-state index contributed by atoms with van der Waals surface area (Å²) in [7, 11) is 0. The van der Waals surface area contributed by atoms with Crippen molar-refractivity contribution in [1.29, 1.82) is 0 Å². The van der Waals surface area contributed by atoms with Crippen molar-refractivity contribution in [3.63, 3.8) is 0 Å². The second-order valence-electron chi connectivity index (χ2n) is 9.24. The van der Waals surface area contributed by atoms with Gasteiger partial charge in [-0.1, -0.05) is 47.5 Å². The molecule has 0 spiro atoms. The predicted octanol–water partition coefficient (Wildman–Crippen LogP) is 8.17. The maximum absolute atomic E-state index is 13.6. The topological polar surface area (TPSA) is 12.5 Å². The number of benzene rings is 2. The first-order valence-corrected chi connectivity index (χ1v) is 11.5. The molecule has 0 fully saturated rings. The second-order valence-corrected chi connectivity index (χ2v) is 10.1. The van der Waals surface area contributed by atoms with Gasteiger partial charge >= 0.3 is 6.18 Å². The van der Waals surface area contributed by atoms with Crippen LogP contribution >= 0.6 is 23.2 Å². The monoisotopic (exact) mass is 497 g/mol. The third-order valence-corrected chi connectivity index (χ3v) is 6.01. The van der Waals surface area contributed by atoms with Crippen LogP contribution in [0.3, 0.4) is 0 Å². The third-order valence-electron chi connectivity index (χ3n) is 5.52. The Morgan fingerprint density at radius 2 is 1.67 bits per heavy atom. The number of alkyl halides is 3. The van der Waals surface area contributed by atoms with E-state index >= 15 is 0 Å². The smallest absolute Gasteiger partial charge is 0.349 e. The van der Waals surface area contributed by atoms with Gasteiger partial charge in [-0.3, -0.25) is 0 Å². The molecule has 7 heteroatoms.